The topological polar surface area (TPSA) is 79.5 Å². The van der Waals surface area contributed by atoms with Crippen molar-refractivity contribution in [1.29, 1.82) is 0 Å². The number of aromatic carboxylic acids is 1. The monoisotopic (exact) mass is 283 g/mol. The summed E-state index contributed by atoms with van der Waals surface area (Å²) in [5, 5.41) is 12.4. The van der Waals surface area contributed by atoms with Crippen LogP contribution in [0.2, 0.25) is 0 Å². The van der Waals surface area contributed by atoms with Crippen LogP contribution in [0.1, 0.15) is 46.6 Å². The molecule has 1 amide bonds. The summed E-state index contributed by atoms with van der Waals surface area (Å²) in [6.45, 7) is 0. The lowest BCUT2D eigenvalue weighted by Crippen LogP contribution is -2.37. The molecule has 0 radical (unpaired) electrons. The number of rotatable bonds is 4. The quantitative estimate of drug-likeness (QED) is 0.887. The molecule has 1 aliphatic carbocycles. The summed E-state index contributed by atoms with van der Waals surface area (Å²) in [4.78, 5) is 22.6. The summed E-state index contributed by atoms with van der Waals surface area (Å²) < 4.78 is 4.97. The van der Waals surface area contributed by atoms with Crippen LogP contribution in [0.15, 0.2) is 16.7 Å². The molecule has 0 bridgehead atoms. The summed E-state index contributed by atoms with van der Waals surface area (Å²) in [5.41, 5.74) is -0.00348. The molecule has 1 fully saturated rings. The van der Waals surface area contributed by atoms with Crippen LogP contribution in [0.4, 0.5) is 0 Å². The minimum absolute atomic E-state index is 0.00348. The number of carbonyl (C=O) groups excluding carboxylic acids is 1. The fourth-order valence-electron chi connectivity index (χ4n) is 2.27. The highest BCUT2D eigenvalue weighted by Gasteiger charge is 2.23. The van der Waals surface area contributed by atoms with Crippen LogP contribution in [0.25, 0.3) is 0 Å². The van der Waals surface area contributed by atoms with Crippen molar-refractivity contribution >= 4 is 23.6 Å². The Balaban J connectivity index is 1.88. The molecule has 6 heteroatoms. The number of carbonyl (C=O) groups is 2. The molecule has 0 aromatic carbocycles. The highest BCUT2D eigenvalue weighted by Crippen LogP contribution is 2.27. The van der Waals surface area contributed by atoms with Gasteiger partial charge in [-0.15, -0.1) is 0 Å². The Bertz CT molecular complexity index is 463. The number of hydrogen-bond acceptors (Lipinski definition) is 4. The third kappa shape index (κ3) is 3.53. The maximum Gasteiger partial charge on any atom is 0.338 e. The summed E-state index contributed by atoms with van der Waals surface area (Å²) >= 11 is 1.87. The molecular formula is C13H17NO4S. The average molecular weight is 283 g/mol. The standard InChI is InChI=1S/C13H17NO4S/c1-19-10-4-2-9(3-5-10)14-12(15)11-6-8(7-18-11)13(16)17/h6-7,9-10H,2-5H2,1H3,(H,14,15)(H,16,17). The first-order chi connectivity index (χ1) is 9.10. The lowest BCUT2D eigenvalue weighted by Gasteiger charge is -2.27. The molecule has 0 spiro atoms. The van der Waals surface area contributed by atoms with Gasteiger partial charge >= 0.3 is 5.97 Å². The third-order valence-corrected chi connectivity index (χ3v) is 4.55. The van der Waals surface area contributed by atoms with Crippen LogP contribution in [-0.2, 0) is 0 Å². The predicted molar refractivity (Wildman–Crippen MR) is 72.7 cm³/mol. The van der Waals surface area contributed by atoms with Crippen LogP contribution in [0.3, 0.4) is 0 Å². The summed E-state index contributed by atoms with van der Waals surface area (Å²) in [7, 11) is 0. The second kappa shape index (κ2) is 6.14. The second-order valence-corrected chi connectivity index (χ2v) is 5.83. The summed E-state index contributed by atoms with van der Waals surface area (Å²) in [6.07, 6.45) is 7.32. The van der Waals surface area contributed by atoms with E-state index in [4.69, 9.17) is 9.52 Å². The van der Waals surface area contributed by atoms with Gasteiger partial charge in [-0.05, 0) is 31.9 Å². The Morgan fingerprint density at radius 3 is 2.58 bits per heavy atom. The molecule has 1 aromatic heterocycles. The van der Waals surface area contributed by atoms with E-state index in [1.807, 2.05) is 11.8 Å². The number of thioether (sulfide) groups is 1. The Kier molecular flexibility index (Phi) is 4.52. The summed E-state index contributed by atoms with van der Waals surface area (Å²) in [5.74, 6) is -1.37. The van der Waals surface area contributed by atoms with E-state index >= 15 is 0 Å². The maximum absolute atomic E-state index is 11.9. The van der Waals surface area contributed by atoms with Gasteiger partial charge in [0.2, 0.25) is 0 Å². The minimum atomic E-state index is -1.09. The fourth-order valence-corrected chi connectivity index (χ4v) is 3.01. The van der Waals surface area contributed by atoms with Gasteiger partial charge in [0, 0.05) is 17.4 Å². The average Bonchev–Trinajstić information content (AvgIpc) is 2.89. The van der Waals surface area contributed by atoms with Crippen LogP contribution in [0, 0.1) is 0 Å². The predicted octanol–water partition coefficient (Wildman–Crippen LogP) is 2.38. The van der Waals surface area contributed by atoms with E-state index in [2.05, 4.69) is 11.6 Å². The largest absolute Gasteiger partial charge is 0.478 e. The third-order valence-electron chi connectivity index (χ3n) is 3.41. The first-order valence-electron chi connectivity index (χ1n) is 6.25. The van der Waals surface area contributed by atoms with E-state index in [-0.39, 0.29) is 23.3 Å². The molecule has 1 aliphatic rings. The highest BCUT2D eigenvalue weighted by atomic mass is 32.2. The first-order valence-corrected chi connectivity index (χ1v) is 7.54. The number of carboxylic acid groups (broad SMARTS) is 1. The zero-order valence-corrected chi connectivity index (χ0v) is 11.5. The van der Waals surface area contributed by atoms with Gasteiger partial charge in [-0.1, -0.05) is 0 Å². The first kappa shape index (κ1) is 14.0. The van der Waals surface area contributed by atoms with Crippen molar-refractivity contribution in [3.8, 4) is 0 Å². The van der Waals surface area contributed by atoms with Gasteiger partial charge in [0.15, 0.2) is 5.76 Å². The molecule has 19 heavy (non-hydrogen) atoms. The molecule has 1 aromatic rings. The van der Waals surface area contributed by atoms with Crippen LogP contribution in [0.5, 0.6) is 0 Å². The van der Waals surface area contributed by atoms with E-state index < -0.39 is 5.97 Å². The smallest absolute Gasteiger partial charge is 0.338 e. The fraction of sp³-hybridized carbons (Fsp3) is 0.538. The number of amides is 1. The van der Waals surface area contributed by atoms with E-state index in [0.717, 1.165) is 31.9 Å². The van der Waals surface area contributed by atoms with Gasteiger partial charge in [-0.3, -0.25) is 4.79 Å². The van der Waals surface area contributed by atoms with Crippen molar-refractivity contribution in [2.75, 3.05) is 6.26 Å². The lowest BCUT2D eigenvalue weighted by molar-refractivity contribution is 0.0695. The number of furan rings is 1. The molecule has 0 atom stereocenters. The molecule has 0 saturated heterocycles. The van der Waals surface area contributed by atoms with Gasteiger partial charge in [0.05, 0.1) is 5.56 Å². The van der Waals surface area contributed by atoms with Crippen molar-refractivity contribution in [2.45, 2.75) is 37.0 Å². The van der Waals surface area contributed by atoms with E-state index in [9.17, 15) is 9.59 Å². The van der Waals surface area contributed by atoms with Crippen LogP contribution >= 0.6 is 11.8 Å². The minimum Gasteiger partial charge on any atom is -0.478 e. The van der Waals surface area contributed by atoms with Gasteiger partial charge in [-0.25, -0.2) is 4.79 Å². The normalized spacial score (nSPS) is 23.0. The zero-order chi connectivity index (χ0) is 13.8. The number of hydrogen-bond donors (Lipinski definition) is 2. The van der Waals surface area contributed by atoms with Gasteiger partial charge in [-0.2, -0.15) is 11.8 Å². The SMILES string of the molecule is CSC1CCC(NC(=O)c2cc(C(=O)O)co2)CC1. The van der Waals surface area contributed by atoms with Gasteiger partial charge in [0.25, 0.3) is 5.91 Å². The molecular weight excluding hydrogens is 266 g/mol. The Morgan fingerprint density at radius 2 is 2.05 bits per heavy atom. The molecule has 0 aliphatic heterocycles. The molecule has 0 unspecified atom stereocenters. The van der Waals surface area contributed by atoms with Crippen molar-refractivity contribution in [2.24, 2.45) is 0 Å². The van der Waals surface area contributed by atoms with Gasteiger partial charge < -0.3 is 14.8 Å². The lowest BCUT2D eigenvalue weighted by atomic mass is 9.95. The molecule has 5 nitrogen and oxygen atoms in total. The van der Waals surface area contributed by atoms with Crippen LogP contribution < -0.4 is 5.32 Å². The molecule has 1 saturated carbocycles. The number of carboxylic acids is 1. The Labute approximate surface area is 115 Å². The van der Waals surface area contributed by atoms with E-state index in [0.29, 0.717) is 5.25 Å². The molecule has 2 N–H and O–H groups in total. The summed E-state index contributed by atoms with van der Waals surface area (Å²) in [6, 6.07) is 1.42. The Morgan fingerprint density at radius 1 is 1.37 bits per heavy atom. The van der Waals surface area contributed by atoms with Crippen molar-refractivity contribution in [3.05, 3.63) is 23.7 Å². The van der Waals surface area contributed by atoms with E-state index in [1.54, 1.807) is 0 Å². The Hall–Kier alpha value is -1.43. The van der Waals surface area contributed by atoms with Crippen molar-refractivity contribution in [1.82, 2.24) is 5.32 Å². The highest BCUT2D eigenvalue weighted by molar-refractivity contribution is 7.99. The van der Waals surface area contributed by atoms with Crippen molar-refractivity contribution in [3.63, 3.8) is 0 Å². The van der Waals surface area contributed by atoms with Crippen LogP contribution in [-0.4, -0.2) is 34.5 Å². The number of nitrogens with one attached hydrogen (secondary N) is 1. The molecule has 1 heterocycles. The maximum atomic E-state index is 11.9. The van der Waals surface area contributed by atoms with Crippen molar-refractivity contribution < 1.29 is 19.1 Å². The zero-order valence-electron chi connectivity index (χ0n) is 10.7. The van der Waals surface area contributed by atoms with Gasteiger partial charge in [0.1, 0.15) is 6.26 Å². The van der Waals surface area contributed by atoms with E-state index in [1.165, 1.54) is 6.07 Å². The second-order valence-electron chi connectivity index (χ2n) is 4.69. The molecule has 104 valence electrons. The molecule has 2 rings (SSSR count).